The van der Waals surface area contributed by atoms with Crippen molar-refractivity contribution in [2.24, 2.45) is 11.8 Å². The van der Waals surface area contributed by atoms with Gasteiger partial charge in [-0.25, -0.2) is 0 Å². The van der Waals surface area contributed by atoms with Crippen LogP contribution < -0.4 is 5.32 Å². The van der Waals surface area contributed by atoms with Gasteiger partial charge in [-0.3, -0.25) is 14.7 Å². The van der Waals surface area contributed by atoms with Crippen LogP contribution in [0.5, 0.6) is 0 Å². The van der Waals surface area contributed by atoms with E-state index < -0.39 is 0 Å². The van der Waals surface area contributed by atoms with Crippen molar-refractivity contribution in [2.45, 2.75) is 51.2 Å². The van der Waals surface area contributed by atoms with Crippen molar-refractivity contribution in [2.75, 3.05) is 26.2 Å². The largest absolute Gasteiger partial charge is 0.370 e. The van der Waals surface area contributed by atoms with Gasteiger partial charge in [-0.2, -0.15) is 0 Å². The second-order valence-electron chi connectivity index (χ2n) is 8.41. The van der Waals surface area contributed by atoms with Crippen molar-refractivity contribution in [3.63, 3.8) is 0 Å². The number of carbonyl (C=O) groups excluding carboxylic acids is 1. The molecule has 3 aliphatic rings. The summed E-state index contributed by atoms with van der Waals surface area (Å²) in [5, 5.41) is 3.13. The Morgan fingerprint density at radius 2 is 2.41 bits per heavy atom. The van der Waals surface area contributed by atoms with Gasteiger partial charge in [0.1, 0.15) is 0 Å². The maximum atomic E-state index is 12.4. The topological polar surface area (TPSA) is 54.5 Å². The third kappa shape index (κ3) is 3.67. The molecular formula is C22H31N3O2. The molecule has 0 saturated carbocycles. The number of allylic oxidation sites excluding steroid dienone is 1. The fraction of sp³-hybridized carbons (Fsp3) is 0.636. The van der Waals surface area contributed by atoms with E-state index >= 15 is 0 Å². The molecule has 0 aliphatic carbocycles. The summed E-state index contributed by atoms with van der Waals surface area (Å²) < 4.78 is 6.49. The van der Waals surface area contributed by atoms with Crippen LogP contribution in [0.3, 0.4) is 0 Å². The van der Waals surface area contributed by atoms with Gasteiger partial charge in [-0.05, 0) is 44.7 Å². The highest BCUT2D eigenvalue weighted by Crippen LogP contribution is 2.54. The van der Waals surface area contributed by atoms with Crippen LogP contribution >= 0.6 is 0 Å². The lowest BCUT2D eigenvalue weighted by Crippen LogP contribution is -2.41. The Balaban J connectivity index is 1.35. The smallest absolute Gasteiger partial charge is 0.252 e. The van der Waals surface area contributed by atoms with Crippen LogP contribution in [0.25, 0.3) is 0 Å². The van der Waals surface area contributed by atoms with Crippen LogP contribution in [-0.4, -0.2) is 53.7 Å². The fourth-order valence-electron chi connectivity index (χ4n) is 5.18. The molecule has 4 rings (SSSR count). The minimum atomic E-state index is -0.0324. The second-order valence-corrected chi connectivity index (χ2v) is 8.41. The first-order valence-electron chi connectivity index (χ1n) is 10.4. The minimum Gasteiger partial charge on any atom is -0.370 e. The Labute approximate surface area is 162 Å². The number of hydrogen-bond donors (Lipinski definition) is 1. The maximum absolute atomic E-state index is 12.4. The van der Waals surface area contributed by atoms with Crippen LogP contribution in [-0.2, 0) is 4.74 Å². The first-order valence-corrected chi connectivity index (χ1v) is 10.4. The molecule has 3 aliphatic heterocycles. The van der Waals surface area contributed by atoms with Gasteiger partial charge in [-0.1, -0.05) is 18.6 Å². The van der Waals surface area contributed by atoms with Crippen molar-refractivity contribution >= 4 is 5.91 Å². The molecule has 0 unspecified atom stereocenters. The molecule has 0 aromatic carbocycles. The Morgan fingerprint density at radius 3 is 3.19 bits per heavy atom. The molecule has 146 valence electrons. The SMILES string of the molecule is CC/C(C)=C/CCN1C[C@@H]2[C@H](CNC(=O)c3cccnc3)[C@H]3CC[C@]2(C1)O3. The molecule has 1 aromatic heterocycles. The first kappa shape index (κ1) is 18.6. The summed E-state index contributed by atoms with van der Waals surface area (Å²) in [6.07, 6.45) is 10.6. The van der Waals surface area contributed by atoms with Crippen molar-refractivity contribution in [1.29, 1.82) is 0 Å². The average Bonchev–Trinajstić information content (AvgIpc) is 3.34. The summed E-state index contributed by atoms with van der Waals surface area (Å²) in [6.45, 7) is 8.39. The van der Waals surface area contributed by atoms with Crippen LogP contribution in [0.2, 0.25) is 0 Å². The van der Waals surface area contributed by atoms with Crippen LogP contribution in [0.1, 0.15) is 49.9 Å². The Morgan fingerprint density at radius 1 is 1.52 bits per heavy atom. The predicted octanol–water partition coefficient (Wildman–Crippen LogP) is 3.04. The number of rotatable bonds is 7. The van der Waals surface area contributed by atoms with E-state index in [9.17, 15) is 4.79 Å². The number of hydrogen-bond acceptors (Lipinski definition) is 4. The highest BCUT2D eigenvalue weighted by Gasteiger charge is 2.62. The highest BCUT2D eigenvalue weighted by atomic mass is 16.5. The van der Waals surface area contributed by atoms with E-state index in [0.717, 1.165) is 38.9 Å². The van der Waals surface area contributed by atoms with E-state index in [0.29, 0.717) is 30.0 Å². The highest BCUT2D eigenvalue weighted by molar-refractivity contribution is 5.93. The second kappa shape index (κ2) is 7.72. The predicted molar refractivity (Wildman–Crippen MR) is 105 cm³/mol. The molecule has 0 radical (unpaired) electrons. The van der Waals surface area contributed by atoms with E-state index in [1.165, 1.54) is 12.0 Å². The van der Waals surface area contributed by atoms with Gasteiger partial charge >= 0.3 is 0 Å². The number of pyridine rings is 1. The molecule has 5 nitrogen and oxygen atoms in total. The zero-order chi connectivity index (χ0) is 18.9. The number of carbonyl (C=O) groups is 1. The van der Waals surface area contributed by atoms with Crippen molar-refractivity contribution < 1.29 is 9.53 Å². The Bertz CT molecular complexity index is 705. The van der Waals surface area contributed by atoms with E-state index in [1.807, 2.05) is 6.07 Å². The van der Waals surface area contributed by atoms with Gasteiger partial charge in [0, 0.05) is 50.4 Å². The van der Waals surface area contributed by atoms with Gasteiger partial charge in [0.15, 0.2) is 0 Å². The normalized spacial score (nSPS) is 32.7. The number of likely N-dealkylation sites (tertiary alicyclic amines) is 1. The van der Waals surface area contributed by atoms with Gasteiger partial charge in [-0.15, -0.1) is 0 Å². The molecule has 1 aromatic rings. The molecule has 27 heavy (non-hydrogen) atoms. The van der Waals surface area contributed by atoms with Crippen molar-refractivity contribution in [3.8, 4) is 0 Å². The quantitative estimate of drug-likeness (QED) is 0.751. The summed E-state index contributed by atoms with van der Waals surface area (Å²) in [5.41, 5.74) is 2.14. The molecule has 4 heterocycles. The van der Waals surface area contributed by atoms with Crippen LogP contribution in [0, 0.1) is 11.8 Å². The van der Waals surface area contributed by atoms with Crippen LogP contribution in [0.15, 0.2) is 36.2 Å². The van der Waals surface area contributed by atoms with Crippen molar-refractivity contribution in [3.05, 3.63) is 41.7 Å². The van der Waals surface area contributed by atoms with Gasteiger partial charge in [0.2, 0.25) is 0 Å². The van der Waals surface area contributed by atoms with E-state index in [-0.39, 0.29) is 11.5 Å². The molecule has 2 bridgehead atoms. The minimum absolute atomic E-state index is 0.0324. The molecule has 4 atom stereocenters. The number of fused-ring (bicyclic) bond motifs is 1. The summed E-state index contributed by atoms with van der Waals surface area (Å²) in [6, 6.07) is 3.61. The lowest BCUT2D eigenvalue weighted by molar-refractivity contribution is 0.00290. The summed E-state index contributed by atoms with van der Waals surface area (Å²) in [7, 11) is 0. The maximum Gasteiger partial charge on any atom is 0.252 e. The summed E-state index contributed by atoms with van der Waals surface area (Å²) >= 11 is 0. The third-order valence-electron chi connectivity index (χ3n) is 6.77. The number of nitrogens with zero attached hydrogens (tertiary/aromatic N) is 2. The monoisotopic (exact) mass is 369 g/mol. The molecule has 5 heteroatoms. The first-order chi connectivity index (χ1) is 13.1. The number of amides is 1. The zero-order valence-corrected chi connectivity index (χ0v) is 16.5. The molecule has 1 spiro atoms. The van der Waals surface area contributed by atoms with Gasteiger partial charge < -0.3 is 10.1 Å². The van der Waals surface area contributed by atoms with Gasteiger partial charge in [0.25, 0.3) is 5.91 Å². The Kier molecular flexibility index (Phi) is 5.33. The summed E-state index contributed by atoms with van der Waals surface area (Å²) in [4.78, 5) is 19.0. The Hall–Kier alpha value is -1.72. The standard InChI is InChI=1S/C22H31N3O2/c1-3-16(2)6-5-11-25-14-19-18(20-8-9-22(19,15-25)27-20)13-24-21(26)17-7-4-10-23-12-17/h4,6-7,10,12,18-20H,3,5,8-9,11,13-15H2,1-2H3,(H,24,26)/b16-6+/t18-,19+,20+,22+/m0/s1. The third-order valence-corrected chi connectivity index (χ3v) is 6.77. The van der Waals surface area contributed by atoms with Gasteiger partial charge in [0.05, 0.1) is 17.3 Å². The molecule has 1 amide bonds. The molecular weight excluding hydrogens is 338 g/mol. The summed E-state index contributed by atoms with van der Waals surface area (Å²) in [5.74, 6) is 0.939. The number of aromatic nitrogens is 1. The number of ether oxygens (including phenoxy) is 1. The van der Waals surface area contributed by atoms with Crippen LogP contribution in [0.4, 0.5) is 0 Å². The number of nitrogens with one attached hydrogen (secondary N) is 1. The van der Waals surface area contributed by atoms with Crippen molar-refractivity contribution in [1.82, 2.24) is 15.2 Å². The zero-order valence-electron chi connectivity index (χ0n) is 16.5. The van der Waals surface area contributed by atoms with E-state index in [2.05, 4.69) is 35.1 Å². The fourth-order valence-corrected chi connectivity index (χ4v) is 5.18. The average molecular weight is 370 g/mol. The lowest BCUT2D eigenvalue weighted by Gasteiger charge is -2.29. The molecule has 3 fully saturated rings. The lowest BCUT2D eigenvalue weighted by atomic mass is 9.73. The van der Waals surface area contributed by atoms with E-state index in [1.54, 1.807) is 18.5 Å². The molecule has 3 saturated heterocycles. The van der Waals surface area contributed by atoms with E-state index in [4.69, 9.17) is 4.74 Å². The molecule has 1 N–H and O–H groups in total.